The van der Waals surface area contributed by atoms with Crippen LogP contribution in [0.3, 0.4) is 0 Å². The number of alkyl halides is 3. The molecule has 23 heavy (non-hydrogen) atoms. The first kappa shape index (κ1) is 16.6. The van der Waals surface area contributed by atoms with Gasteiger partial charge in [0.25, 0.3) is 0 Å². The molecule has 4 rings (SSSR count). The second-order valence-electron chi connectivity index (χ2n) is 7.26. The van der Waals surface area contributed by atoms with Gasteiger partial charge in [0.1, 0.15) is 0 Å². The van der Waals surface area contributed by atoms with Crippen LogP contribution in [0.2, 0.25) is 0 Å². The average molecular weight is 333 g/mol. The number of methoxy groups -OCH3 is 1. The summed E-state index contributed by atoms with van der Waals surface area (Å²) in [6.07, 6.45) is -0.617. The van der Waals surface area contributed by atoms with E-state index in [9.17, 15) is 22.8 Å². The summed E-state index contributed by atoms with van der Waals surface area (Å²) in [6.45, 7) is 0.0803. The lowest BCUT2D eigenvalue weighted by molar-refractivity contribution is -0.229. The van der Waals surface area contributed by atoms with E-state index in [1.807, 2.05) is 0 Å². The zero-order chi connectivity index (χ0) is 16.8. The van der Waals surface area contributed by atoms with Crippen molar-refractivity contribution in [3.05, 3.63) is 0 Å². The number of nitrogens with one attached hydrogen (secondary N) is 1. The number of rotatable bonds is 4. The Bertz CT molecular complexity index is 493. The van der Waals surface area contributed by atoms with E-state index >= 15 is 0 Å². The van der Waals surface area contributed by atoms with Crippen molar-refractivity contribution in [1.29, 1.82) is 0 Å². The van der Waals surface area contributed by atoms with Gasteiger partial charge in [-0.25, -0.2) is 0 Å². The number of amides is 1. The normalized spacial score (nSPS) is 34.8. The number of hydrogen-bond donors (Lipinski definition) is 1. The van der Waals surface area contributed by atoms with Crippen LogP contribution >= 0.6 is 0 Å². The molecule has 1 amide bonds. The largest absolute Gasteiger partial charge is 0.469 e. The number of fused-ring (bicyclic) bond motifs is 3. The molecule has 2 bridgehead atoms. The van der Waals surface area contributed by atoms with Gasteiger partial charge in [-0.1, -0.05) is 0 Å². The molecule has 4 aliphatic rings. The predicted molar refractivity (Wildman–Crippen MR) is 75.2 cm³/mol. The third kappa shape index (κ3) is 2.94. The van der Waals surface area contributed by atoms with Crippen molar-refractivity contribution >= 4 is 11.9 Å². The maximum atomic E-state index is 13.4. The standard InChI is InChI=1S/C16H22F3NO3/c1-23-14(22)15(6-7-15)8-20-13(21)11-9-2-4-10(5-3-9)12(11)16(17,18)19/h9-12H,2-8H2,1H3,(H,20,21)/t9?,10?,11-,12-/m0/s1. The van der Waals surface area contributed by atoms with Gasteiger partial charge in [0, 0.05) is 6.54 Å². The minimum absolute atomic E-state index is 0.0803. The molecule has 0 aromatic heterocycles. The average Bonchev–Trinajstić information content (AvgIpc) is 3.32. The van der Waals surface area contributed by atoms with E-state index in [-0.39, 0.29) is 12.5 Å². The second kappa shape index (κ2) is 5.67. The maximum absolute atomic E-state index is 13.4. The summed E-state index contributed by atoms with van der Waals surface area (Å²) >= 11 is 0. The fraction of sp³-hybridized carbons (Fsp3) is 0.875. The summed E-state index contributed by atoms with van der Waals surface area (Å²) in [5.41, 5.74) is -0.716. The van der Waals surface area contributed by atoms with Gasteiger partial charge < -0.3 is 10.1 Å². The zero-order valence-electron chi connectivity index (χ0n) is 13.1. The Hall–Kier alpha value is -1.27. The molecule has 2 atom stereocenters. The number of esters is 1. The first-order chi connectivity index (χ1) is 10.8. The van der Waals surface area contributed by atoms with Crippen molar-refractivity contribution in [2.24, 2.45) is 29.1 Å². The van der Waals surface area contributed by atoms with E-state index in [1.54, 1.807) is 0 Å². The zero-order valence-corrected chi connectivity index (χ0v) is 13.1. The van der Waals surface area contributed by atoms with E-state index in [4.69, 9.17) is 4.74 Å². The quantitative estimate of drug-likeness (QED) is 0.805. The molecular weight excluding hydrogens is 311 g/mol. The number of ether oxygens (including phenoxy) is 1. The number of carbonyl (C=O) groups excluding carboxylic acids is 2. The Morgan fingerprint density at radius 1 is 1.13 bits per heavy atom. The molecule has 0 aromatic carbocycles. The lowest BCUT2D eigenvalue weighted by atomic mass is 9.58. The number of halogens is 3. The first-order valence-corrected chi connectivity index (χ1v) is 8.21. The Labute approximate surface area is 133 Å². The lowest BCUT2D eigenvalue weighted by Crippen LogP contribution is -2.53. The summed E-state index contributed by atoms with van der Waals surface area (Å²) in [4.78, 5) is 24.1. The molecule has 1 N–H and O–H groups in total. The van der Waals surface area contributed by atoms with Gasteiger partial charge in [-0.2, -0.15) is 13.2 Å². The highest BCUT2D eigenvalue weighted by Gasteiger charge is 2.58. The highest BCUT2D eigenvalue weighted by Crippen LogP contribution is 2.54. The van der Waals surface area contributed by atoms with Crippen LogP contribution in [0.5, 0.6) is 0 Å². The van der Waals surface area contributed by atoms with Crippen LogP contribution in [0.15, 0.2) is 0 Å². The molecule has 130 valence electrons. The Morgan fingerprint density at radius 3 is 2.17 bits per heavy atom. The van der Waals surface area contributed by atoms with Gasteiger partial charge in [0.15, 0.2) is 0 Å². The number of carbonyl (C=O) groups is 2. The molecule has 0 aromatic rings. The Morgan fingerprint density at radius 2 is 1.70 bits per heavy atom. The highest BCUT2D eigenvalue weighted by atomic mass is 19.4. The van der Waals surface area contributed by atoms with E-state index in [0.29, 0.717) is 38.5 Å². The summed E-state index contributed by atoms with van der Waals surface area (Å²) < 4.78 is 45.0. The summed E-state index contributed by atoms with van der Waals surface area (Å²) in [5.74, 6) is -4.11. The monoisotopic (exact) mass is 333 g/mol. The molecule has 0 aliphatic heterocycles. The van der Waals surface area contributed by atoms with E-state index in [2.05, 4.69) is 5.32 Å². The molecule has 0 spiro atoms. The third-order valence-corrected chi connectivity index (χ3v) is 5.97. The molecular formula is C16H22F3NO3. The smallest absolute Gasteiger partial charge is 0.392 e. The summed E-state index contributed by atoms with van der Waals surface area (Å²) in [7, 11) is 1.28. The third-order valence-electron chi connectivity index (χ3n) is 5.97. The first-order valence-electron chi connectivity index (χ1n) is 8.21. The molecule has 0 saturated heterocycles. The molecule has 4 fully saturated rings. The van der Waals surface area contributed by atoms with Crippen LogP contribution in [0.4, 0.5) is 13.2 Å². The summed E-state index contributed by atoms with van der Waals surface area (Å²) in [5, 5.41) is 2.62. The summed E-state index contributed by atoms with van der Waals surface area (Å²) in [6, 6.07) is 0. The van der Waals surface area contributed by atoms with Crippen molar-refractivity contribution in [3.8, 4) is 0 Å². The van der Waals surface area contributed by atoms with E-state index in [1.165, 1.54) is 7.11 Å². The minimum atomic E-state index is -4.34. The maximum Gasteiger partial charge on any atom is 0.392 e. The Kier molecular flexibility index (Phi) is 4.09. The fourth-order valence-corrected chi connectivity index (χ4v) is 4.49. The van der Waals surface area contributed by atoms with E-state index < -0.39 is 41.2 Å². The molecule has 0 unspecified atom stereocenters. The molecule has 4 nitrogen and oxygen atoms in total. The number of hydrogen-bond acceptors (Lipinski definition) is 3. The van der Waals surface area contributed by atoms with E-state index in [0.717, 1.165) is 0 Å². The molecule has 0 heterocycles. The van der Waals surface area contributed by atoms with Gasteiger partial charge in [-0.05, 0) is 50.4 Å². The topological polar surface area (TPSA) is 55.4 Å². The highest BCUT2D eigenvalue weighted by molar-refractivity contribution is 5.83. The Balaban J connectivity index is 1.69. The van der Waals surface area contributed by atoms with Crippen molar-refractivity contribution in [1.82, 2.24) is 5.32 Å². The molecule has 7 heteroatoms. The van der Waals surface area contributed by atoms with Crippen LogP contribution in [-0.4, -0.2) is 31.7 Å². The van der Waals surface area contributed by atoms with Crippen molar-refractivity contribution in [3.63, 3.8) is 0 Å². The van der Waals surface area contributed by atoms with Crippen LogP contribution in [0.1, 0.15) is 38.5 Å². The molecule has 0 radical (unpaired) electrons. The van der Waals surface area contributed by atoms with Crippen molar-refractivity contribution in [2.45, 2.75) is 44.7 Å². The minimum Gasteiger partial charge on any atom is -0.469 e. The predicted octanol–water partition coefficient (Wildman–Crippen LogP) is 2.67. The van der Waals surface area contributed by atoms with Gasteiger partial charge in [-0.15, -0.1) is 0 Å². The van der Waals surface area contributed by atoms with Gasteiger partial charge in [0.2, 0.25) is 5.91 Å². The molecule has 4 aliphatic carbocycles. The molecule has 4 saturated carbocycles. The SMILES string of the molecule is COC(=O)C1(CNC(=O)[C@H]2C3CCC(CC3)[C@@H]2C(F)(F)F)CC1. The second-order valence-corrected chi connectivity index (χ2v) is 7.26. The van der Waals surface area contributed by atoms with Gasteiger partial charge in [0.05, 0.1) is 24.4 Å². The van der Waals surface area contributed by atoms with Crippen molar-refractivity contribution in [2.75, 3.05) is 13.7 Å². The van der Waals surface area contributed by atoms with Gasteiger partial charge in [-0.3, -0.25) is 9.59 Å². The van der Waals surface area contributed by atoms with Crippen molar-refractivity contribution < 1.29 is 27.5 Å². The van der Waals surface area contributed by atoms with Crippen LogP contribution in [0.25, 0.3) is 0 Å². The van der Waals surface area contributed by atoms with Crippen LogP contribution in [0, 0.1) is 29.1 Å². The van der Waals surface area contributed by atoms with Gasteiger partial charge >= 0.3 is 12.1 Å². The van der Waals surface area contributed by atoms with Crippen LogP contribution in [-0.2, 0) is 14.3 Å². The fourth-order valence-electron chi connectivity index (χ4n) is 4.49. The van der Waals surface area contributed by atoms with Crippen LogP contribution < -0.4 is 5.32 Å². The lowest BCUT2D eigenvalue weighted by Gasteiger charge is -2.48.